The van der Waals surface area contributed by atoms with Crippen LogP contribution in [0.3, 0.4) is 0 Å². The van der Waals surface area contributed by atoms with E-state index in [1.807, 2.05) is 30.3 Å². The molecule has 0 saturated carbocycles. The number of aliphatic hydroxyl groups is 1. The molecule has 0 heterocycles. The maximum absolute atomic E-state index is 11.9. The number of benzene rings is 1. The highest BCUT2D eigenvalue weighted by molar-refractivity contribution is 5.88. The van der Waals surface area contributed by atoms with E-state index in [1.54, 1.807) is 0 Å². The predicted molar refractivity (Wildman–Crippen MR) is 87.2 cm³/mol. The zero-order valence-electron chi connectivity index (χ0n) is 12.8. The van der Waals surface area contributed by atoms with Gasteiger partial charge in [-0.15, -0.1) is 0 Å². The van der Waals surface area contributed by atoms with Crippen LogP contribution < -0.4 is 22.5 Å². The number of rotatable bonds is 9. The summed E-state index contributed by atoms with van der Waals surface area (Å²) in [7, 11) is 0. The molecule has 0 aliphatic carbocycles. The number of nitrogens with two attached hydrogens (primary N) is 3. The maximum Gasteiger partial charge on any atom is 0.249 e. The molecule has 2 amide bonds. The highest BCUT2D eigenvalue weighted by atomic mass is 16.3. The number of aliphatic hydroxyl groups excluding tert-OH is 1. The summed E-state index contributed by atoms with van der Waals surface area (Å²) in [5.41, 5.74) is 16.5. The summed E-state index contributed by atoms with van der Waals surface area (Å²) in [6, 6.07) is 8.28. The molecule has 1 aromatic rings. The third-order valence-electron chi connectivity index (χ3n) is 3.18. The lowest BCUT2D eigenvalue weighted by molar-refractivity contribution is -0.133. The summed E-state index contributed by atoms with van der Waals surface area (Å²) < 4.78 is 0. The SMILES string of the molecule is NC(=O)[C@H](Cc1ccccc1)NC(=O)[C@@H](O)CCCN=C(N)N. The fourth-order valence-corrected chi connectivity index (χ4v) is 1.96. The van der Waals surface area contributed by atoms with Gasteiger partial charge in [-0.2, -0.15) is 0 Å². The average molecular weight is 321 g/mol. The van der Waals surface area contributed by atoms with Crippen LogP contribution in [-0.2, 0) is 16.0 Å². The van der Waals surface area contributed by atoms with E-state index < -0.39 is 24.0 Å². The van der Waals surface area contributed by atoms with E-state index in [2.05, 4.69) is 10.3 Å². The van der Waals surface area contributed by atoms with Crippen LogP contribution in [0.25, 0.3) is 0 Å². The Morgan fingerprint density at radius 3 is 2.39 bits per heavy atom. The van der Waals surface area contributed by atoms with Crippen LogP contribution in [0.15, 0.2) is 35.3 Å². The van der Waals surface area contributed by atoms with Crippen molar-refractivity contribution >= 4 is 17.8 Å². The molecule has 0 saturated heterocycles. The molecule has 0 aromatic heterocycles. The van der Waals surface area contributed by atoms with E-state index in [0.29, 0.717) is 13.0 Å². The Morgan fingerprint density at radius 2 is 1.83 bits per heavy atom. The van der Waals surface area contributed by atoms with Gasteiger partial charge in [-0.3, -0.25) is 14.6 Å². The minimum Gasteiger partial charge on any atom is -0.383 e. The van der Waals surface area contributed by atoms with Gasteiger partial charge in [0, 0.05) is 13.0 Å². The number of carbonyl (C=O) groups excluding carboxylic acids is 2. The molecule has 0 fully saturated rings. The average Bonchev–Trinajstić information content (AvgIpc) is 2.51. The van der Waals surface area contributed by atoms with E-state index in [-0.39, 0.29) is 18.8 Å². The van der Waals surface area contributed by atoms with Gasteiger partial charge in [0.2, 0.25) is 11.8 Å². The van der Waals surface area contributed by atoms with E-state index in [1.165, 1.54) is 0 Å². The Morgan fingerprint density at radius 1 is 1.17 bits per heavy atom. The van der Waals surface area contributed by atoms with Crippen LogP contribution in [0.2, 0.25) is 0 Å². The van der Waals surface area contributed by atoms with Gasteiger partial charge in [0.25, 0.3) is 0 Å². The molecule has 2 atom stereocenters. The fraction of sp³-hybridized carbons (Fsp3) is 0.400. The van der Waals surface area contributed by atoms with Crippen molar-refractivity contribution in [3.05, 3.63) is 35.9 Å². The van der Waals surface area contributed by atoms with Crippen molar-refractivity contribution in [2.45, 2.75) is 31.4 Å². The number of hydrogen-bond acceptors (Lipinski definition) is 4. The summed E-state index contributed by atoms with van der Waals surface area (Å²) in [4.78, 5) is 27.2. The van der Waals surface area contributed by atoms with Crippen LogP contribution in [0.4, 0.5) is 0 Å². The van der Waals surface area contributed by atoms with Crippen LogP contribution >= 0.6 is 0 Å². The molecule has 0 radical (unpaired) electrons. The Kier molecular flexibility index (Phi) is 7.55. The number of aliphatic imine (C=N–C) groups is 1. The Bertz CT molecular complexity index is 543. The van der Waals surface area contributed by atoms with Gasteiger partial charge in [0.1, 0.15) is 12.1 Å². The first-order valence-corrected chi connectivity index (χ1v) is 7.27. The quantitative estimate of drug-likeness (QED) is 0.215. The molecule has 0 aliphatic heterocycles. The third kappa shape index (κ3) is 7.28. The highest BCUT2D eigenvalue weighted by Crippen LogP contribution is 2.04. The number of nitrogens with zero attached hydrogens (tertiary/aromatic N) is 1. The molecule has 23 heavy (non-hydrogen) atoms. The summed E-state index contributed by atoms with van der Waals surface area (Å²) in [5.74, 6) is -1.34. The first kappa shape index (κ1) is 18.4. The number of carbonyl (C=O) groups is 2. The van der Waals surface area contributed by atoms with Gasteiger partial charge in [-0.25, -0.2) is 0 Å². The molecule has 1 aromatic carbocycles. The van der Waals surface area contributed by atoms with Crippen molar-refractivity contribution in [2.75, 3.05) is 6.54 Å². The van der Waals surface area contributed by atoms with Crippen molar-refractivity contribution in [2.24, 2.45) is 22.2 Å². The first-order chi connectivity index (χ1) is 10.9. The molecule has 8 N–H and O–H groups in total. The monoisotopic (exact) mass is 321 g/mol. The van der Waals surface area contributed by atoms with Crippen molar-refractivity contribution < 1.29 is 14.7 Å². The molecule has 8 nitrogen and oxygen atoms in total. The van der Waals surface area contributed by atoms with Gasteiger partial charge in [-0.1, -0.05) is 30.3 Å². The normalized spacial score (nSPS) is 12.9. The van der Waals surface area contributed by atoms with Crippen LogP contribution in [-0.4, -0.2) is 41.6 Å². The number of nitrogens with one attached hydrogen (secondary N) is 1. The lowest BCUT2D eigenvalue weighted by Crippen LogP contribution is -2.49. The molecule has 0 spiro atoms. The van der Waals surface area contributed by atoms with E-state index in [4.69, 9.17) is 17.2 Å². The molecule has 1 rings (SSSR count). The second kappa shape index (κ2) is 9.42. The van der Waals surface area contributed by atoms with Gasteiger partial charge in [0.15, 0.2) is 5.96 Å². The van der Waals surface area contributed by atoms with Gasteiger partial charge in [-0.05, 0) is 18.4 Å². The topological polar surface area (TPSA) is 157 Å². The zero-order valence-corrected chi connectivity index (χ0v) is 12.8. The standard InChI is InChI=1S/C15H23N5O3/c16-13(22)11(9-10-5-2-1-3-6-10)20-14(23)12(21)7-4-8-19-15(17)18/h1-3,5-6,11-12,21H,4,7-9H2,(H2,16,22)(H,20,23)(H4,17,18,19)/t11-,12-/m0/s1. The van der Waals surface area contributed by atoms with Crippen LogP contribution in [0.5, 0.6) is 0 Å². The summed E-state index contributed by atoms with van der Waals surface area (Å²) in [6.07, 6.45) is -0.365. The van der Waals surface area contributed by atoms with Gasteiger partial charge >= 0.3 is 0 Å². The number of hydrogen-bond donors (Lipinski definition) is 5. The molecular weight excluding hydrogens is 298 g/mol. The highest BCUT2D eigenvalue weighted by Gasteiger charge is 2.22. The number of guanidine groups is 1. The summed E-state index contributed by atoms with van der Waals surface area (Å²) >= 11 is 0. The van der Waals surface area contributed by atoms with Crippen LogP contribution in [0.1, 0.15) is 18.4 Å². The lowest BCUT2D eigenvalue weighted by atomic mass is 10.0. The molecular formula is C15H23N5O3. The lowest BCUT2D eigenvalue weighted by Gasteiger charge is -2.18. The second-order valence-corrected chi connectivity index (χ2v) is 5.12. The third-order valence-corrected chi connectivity index (χ3v) is 3.18. The zero-order chi connectivity index (χ0) is 17.2. The Labute approximate surface area is 134 Å². The maximum atomic E-state index is 11.9. The minimum atomic E-state index is -1.25. The van der Waals surface area contributed by atoms with Crippen molar-refractivity contribution in [3.63, 3.8) is 0 Å². The number of amides is 2. The molecule has 0 aliphatic rings. The summed E-state index contributed by atoms with van der Waals surface area (Å²) in [5, 5.41) is 12.3. The van der Waals surface area contributed by atoms with Crippen LogP contribution in [0, 0.1) is 0 Å². The van der Waals surface area contributed by atoms with Crippen molar-refractivity contribution in [3.8, 4) is 0 Å². The van der Waals surface area contributed by atoms with Crippen molar-refractivity contribution in [1.29, 1.82) is 0 Å². The first-order valence-electron chi connectivity index (χ1n) is 7.27. The molecule has 8 heteroatoms. The molecule has 126 valence electrons. The Hall–Kier alpha value is -2.61. The fourth-order valence-electron chi connectivity index (χ4n) is 1.96. The van der Waals surface area contributed by atoms with E-state index in [0.717, 1.165) is 5.56 Å². The largest absolute Gasteiger partial charge is 0.383 e. The smallest absolute Gasteiger partial charge is 0.249 e. The van der Waals surface area contributed by atoms with Crippen molar-refractivity contribution in [1.82, 2.24) is 5.32 Å². The molecule has 0 bridgehead atoms. The van der Waals surface area contributed by atoms with Gasteiger partial charge < -0.3 is 27.6 Å². The number of primary amides is 1. The molecule has 0 unspecified atom stereocenters. The van der Waals surface area contributed by atoms with Gasteiger partial charge in [0.05, 0.1) is 0 Å². The minimum absolute atomic E-state index is 0.0411. The Balaban J connectivity index is 2.50. The second-order valence-electron chi connectivity index (χ2n) is 5.12. The summed E-state index contributed by atoms with van der Waals surface area (Å²) in [6.45, 7) is 0.315. The van der Waals surface area contributed by atoms with E-state index in [9.17, 15) is 14.7 Å². The van der Waals surface area contributed by atoms with E-state index >= 15 is 0 Å². The predicted octanol–water partition coefficient (Wildman–Crippen LogP) is -1.39.